The van der Waals surface area contributed by atoms with Gasteiger partial charge in [0.1, 0.15) is 13.2 Å². The summed E-state index contributed by atoms with van der Waals surface area (Å²) >= 11 is 0. The Morgan fingerprint density at radius 2 is 2.18 bits per heavy atom. The van der Waals surface area contributed by atoms with Gasteiger partial charge in [-0.05, 0) is 0 Å². The minimum absolute atomic E-state index is 0.207. The number of hydrogen-bond acceptors (Lipinski definition) is 3. The van der Waals surface area contributed by atoms with E-state index in [1.54, 1.807) is 6.92 Å². The lowest BCUT2D eigenvalue weighted by molar-refractivity contribution is -0.959. The molecule has 0 aliphatic carbocycles. The van der Waals surface area contributed by atoms with E-state index in [0.717, 1.165) is 11.4 Å². The number of ether oxygens (including phenoxy) is 1. The van der Waals surface area contributed by atoms with Gasteiger partial charge in [-0.15, -0.1) is 0 Å². The van der Waals surface area contributed by atoms with Gasteiger partial charge in [-0.1, -0.05) is 30.3 Å². The van der Waals surface area contributed by atoms with E-state index >= 15 is 0 Å². The molecule has 2 unspecified atom stereocenters. The van der Waals surface area contributed by atoms with Gasteiger partial charge >= 0.3 is 0 Å². The minimum Gasteiger partial charge on any atom is -0.324 e. The first-order chi connectivity index (χ1) is 8.10. The number of hydrogen-bond donors (Lipinski definition) is 1. The molecule has 0 aromatic heterocycles. The smallest absolute Gasteiger partial charge is 0.290 e. The maximum Gasteiger partial charge on any atom is 0.290 e. The summed E-state index contributed by atoms with van der Waals surface area (Å²) in [6.45, 7) is 3.67. The first kappa shape index (κ1) is 12.0. The number of nitrogens with zero attached hydrogens (tertiary/aromatic N) is 1. The van der Waals surface area contributed by atoms with E-state index in [4.69, 9.17) is 4.74 Å². The van der Waals surface area contributed by atoms with Crippen LogP contribution >= 0.6 is 0 Å². The summed E-state index contributed by atoms with van der Waals surface area (Å²) in [5.74, 6) is 0. The average Bonchev–Trinajstić information content (AvgIpc) is 2.30. The molecule has 1 aliphatic heterocycles. The highest BCUT2D eigenvalue weighted by Gasteiger charge is 2.45. The fourth-order valence-electron chi connectivity index (χ4n) is 2.17. The van der Waals surface area contributed by atoms with Gasteiger partial charge in [0.2, 0.25) is 0 Å². The lowest BCUT2D eigenvalue weighted by Crippen LogP contribution is -3.14. The Kier molecular flexibility index (Phi) is 3.40. The molecule has 2 rings (SSSR count). The van der Waals surface area contributed by atoms with E-state index < -0.39 is 5.54 Å². The number of quaternary nitrogens is 1. The van der Waals surface area contributed by atoms with Crippen molar-refractivity contribution in [1.29, 1.82) is 0 Å². The molecule has 1 N–H and O–H groups in total. The van der Waals surface area contributed by atoms with Gasteiger partial charge in [-0.2, -0.15) is 0 Å². The van der Waals surface area contributed by atoms with Crippen LogP contribution < -0.4 is 4.90 Å². The van der Waals surface area contributed by atoms with Crippen LogP contribution in [0.25, 0.3) is 0 Å². The second-order valence-electron chi connectivity index (χ2n) is 4.84. The van der Waals surface area contributed by atoms with Gasteiger partial charge in [-0.3, -0.25) is 10.1 Å². The number of nitrogens with one attached hydrogen (secondary N) is 1. The zero-order valence-corrected chi connectivity index (χ0v) is 9.89. The molecular formula is C12H17N2O3+. The third-order valence-corrected chi connectivity index (χ3v) is 3.09. The molecule has 1 aromatic carbocycles. The maximum atomic E-state index is 11.0. The van der Waals surface area contributed by atoms with Crippen LogP contribution in [0.15, 0.2) is 30.3 Å². The second-order valence-corrected chi connectivity index (χ2v) is 4.84. The molecule has 0 saturated carbocycles. The van der Waals surface area contributed by atoms with Crippen LogP contribution in [0.1, 0.15) is 12.5 Å². The summed E-state index contributed by atoms with van der Waals surface area (Å²) in [5, 5.41) is 11.0. The van der Waals surface area contributed by atoms with Gasteiger partial charge in [0, 0.05) is 17.4 Å². The molecule has 5 nitrogen and oxygen atoms in total. The Bertz CT molecular complexity index is 396. The first-order valence-electron chi connectivity index (χ1n) is 5.70. The van der Waals surface area contributed by atoms with Crippen molar-refractivity contribution in [1.82, 2.24) is 0 Å². The Morgan fingerprint density at radius 3 is 2.82 bits per heavy atom. The molecule has 5 heteroatoms. The van der Waals surface area contributed by atoms with Crippen LogP contribution in [0, 0.1) is 10.1 Å². The van der Waals surface area contributed by atoms with Crippen molar-refractivity contribution in [3.63, 3.8) is 0 Å². The highest BCUT2D eigenvalue weighted by Crippen LogP contribution is 2.09. The summed E-state index contributed by atoms with van der Waals surface area (Å²) in [6.07, 6.45) is 0. The van der Waals surface area contributed by atoms with Crippen molar-refractivity contribution in [2.24, 2.45) is 0 Å². The number of nitro groups is 1. The van der Waals surface area contributed by atoms with Crippen molar-refractivity contribution < 1.29 is 14.6 Å². The van der Waals surface area contributed by atoms with Gasteiger partial charge in [0.25, 0.3) is 5.54 Å². The van der Waals surface area contributed by atoms with Crippen LogP contribution in [-0.4, -0.2) is 30.3 Å². The molecule has 92 valence electrons. The summed E-state index contributed by atoms with van der Waals surface area (Å²) < 4.78 is 5.35. The Labute approximate surface area is 100 Å². The standard InChI is InChI=1S/C12H16N2O3/c1-12(14(15)16)8-13(10-17-9-12)7-11-5-3-2-4-6-11/h2-6H,7-10H2,1H3/p+1. The van der Waals surface area contributed by atoms with E-state index in [9.17, 15) is 10.1 Å². The molecule has 2 atom stereocenters. The highest BCUT2D eigenvalue weighted by molar-refractivity contribution is 5.13. The van der Waals surface area contributed by atoms with Crippen LogP contribution in [-0.2, 0) is 11.3 Å². The van der Waals surface area contributed by atoms with Gasteiger partial charge in [0.05, 0.1) is 0 Å². The quantitative estimate of drug-likeness (QED) is 0.599. The third kappa shape index (κ3) is 2.81. The van der Waals surface area contributed by atoms with Gasteiger partial charge in [0.15, 0.2) is 13.3 Å². The van der Waals surface area contributed by atoms with Crippen molar-refractivity contribution in [2.75, 3.05) is 19.9 Å². The van der Waals surface area contributed by atoms with Crippen LogP contribution in [0.3, 0.4) is 0 Å². The molecule has 1 aliphatic rings. The molecule has 0 amide bonds. The molecule has 1 saturated heterocycles. The topological polar surface area (TPSA) is 56.8 Å². The summed E-state index contributed by atoms with van der Waals surface area (Å²) in [7, 11) is 0. The first-order valence-corrected chi connectivity index (χ1v) is 5.70. The number of benzene rings is 1. The van der Waals surface area contributed by atoms with Crippen LogP contribution in [0.2, 0.25) is 0 Å². The second kappa shape index (κ2) is 4.81. The monoisotopic (exact) mass is 237 g/mol. The summed E-state index contributed by atoms with van der Waals surface area (Å²) in [5.41, 5.74) is 0.223. The van der Waals surface area contributed by atoms with Gasteiger partial charge < -0.3 is 9.64 Å². The Morgan fingerprint density at radius 1 is 1.47 bits per heavy atom. The predicted octanol–water partition coefficient (Wildman–Crippen LogP) is 0.0946. The lowest BCUT2D eigenvalue weighted by Gasteiger charge is -2.31. The fourth-order valence-corrected chi connectivity index (χ4v) is 2.17. The van der Waals surface area contributed by atoms with Gasteiger partial charge in [-0.25, -0.2) is 0 Å². The summed E-state index contributed by atoms with van der Waals surface area (Å²) in [6, 6.07) is 9.99. The van der Waals surface area contributed by atoms with Crippen molar-refractivity contribution >= 4 is 0 Å². The molecule has 0 spiro atoms. The zero-order chi connectivity index (χ0) is 12.3. The molecule has 1 aromatic rings. The molecular weight excluding hydrogens is 220 g/mol. The maximum absolute atomic E-state index is 11.0. The third-order valence-electron chi connectivity index (χ3n) is 3.09. The van der Waals surface area contributed by atoms with E-state index in [2.05, 4.69) is 0 Å². The van der Waals surface area contributed by atoms with E-state index in [1.165, 1.54) is 5.56 Å². The largest absolute Gasteiger partial charge is 0.324 e. The zero-order valence-electron chi connectivity index (χ0n) is 9.89. The molecule has 17 heavy (non-hydrogen) atoms. The van der Waals surface area contributed by atoms with Crippen molar-refractivity contribution in [2.45, 2.75) is 19.0 Å². The van der Waals surface area contributed by atoms with Crippen LogP contribution in [0.4, 0.5) is 0 Å². The highest BCUT2D eigenvalue weighted by atomic mass is 16.6. The van der Waals surface area contributed by atoms with E-state index in [0.29, 0.717) is 13.3 Å². The van der Waals surface area contributed by atoms with E-state index in [-0.39, 0.29) is 11.5 Å². The van der Waals surface area contributed by atoms with Crippen molar-refractivity contribution in [3.05, 3.63) is 46.0 Å². The number of rotatable bonds is 3. The molecule has 1 fully saturated rings. The summed E-state index contributed by atoms with van der Waals surface area (Å²) in [4.78, 5) is 11.9. The average molecular weight is 237 g/mol. The molecule has 1 heterocycles. The van der Waals surface area contributed by atoms with Crippen molar-refractivity contribution in [3.8, 4) is 0 Å². The predicted molar refractivity (Wildman–Crippen MR) is 62.2 cm³/mol. The van der Waals surface area contributed by atoms with Crippen LogP contribution in [0.5, 0.6) is 0 Å². The molecule has 0 radical (unpaired) electrons. The lowest BCUT2D eigenvalue weighted by atomic mass is 10.0. The Balaban J connectivity index is 2.01. The SMILES string of the molecule is CC1([N+](=O)[O-])COC[NH+](Cc2ccccc2)C1. The minimum atomic E-state index is -0.956. The fraction of sp³-hybridized carbons (Fsp3) is 0.500. The Hall–Kier alpha value is -1.46. The normalized spacial score (nSPS) is 28.9. The molecule has 0 bridgehead atoms. The van der Waals surface area contributed by atoms with E-state index in [1.807, 2.05) is 30.3 Å².